The quantitative estimate of drug-likeness (QED) is 0.775. The summed E-state index contributed by atoms with van der Waals surface area (Å²) in [4.78, 5) is 0. The van der Waals surface area contributed by atoms with Crippen molar-refractivity contribution in [1.82, 2.24) is 0 Å². The van der Waals surface area contributed by atoms with E-state index in [9.17, 15) is 0 Å². The Morgan fingerprint density at radius 1 is 1.11 bits per heavy atom. The van der Waals surface area contributed by atoms with Gasteiger partial charge in [0.15, 0.2) is 0 Å². The van der Waals surface area contributed by atoms with Gasteiger partial charge in [0.05, 0.1) is 0 Å². The molecule has 1 aromatic rings. The molecule has 0 saturated heterocycles. The van der Waals surface area contributed by atoms with Gasteiger partial charge in [0.1, 0.15) is 0 Å². The molecule has 1 heteroatoms. The molecule has 1 aliphatic carbocycles. The van der Waals surface area contributed by atoms with Crippen molar-refractivity contribution < 1.29 is 0 Å². The molecule has 1 saturated carbocycles. The summed E-state index contributed by atoms with van der Waals surface area (Å²) in [6.07, 6.45) is 9.29. The smallest absolute Gasteiger partial charge is 0.0297 e. The second-order valence-corrected chi connectivity index (χ2v) is 6.36. The maximum absolute atomic E-state index is 6.30. The Labute approximate surface area is 118 Å². The Morgan fingerprint density at radius 3 is 2.32 bits per heavy atom. The summed E-state index contributed by atoms with van der Waals surface area (Å²) >= 11 is 0. The third-order valence-electron chi connectivity index (χ3n) is 4.79. The molecular formula is C18H29N. The van der Waals surface area contributed by atoms with Crippen LogP contribution in [0, 0.1) is 5.92 Å². The second kappa shape index (κ2) is 7.09. The lowest BCUT2D eigenvalue weighted by Gasteiger charge is -2.23. The molecule has 19 heavy (non-hydrogen) atoms. The van der Waals surface area contributed by atoms with Crippen LogP contribution in [-0.2, 0) is 0 Å². The van der Waals surface area contributed by atoms with E-state index in [1.165, 1.54) is 49.7 Å². The molecule has 1 fully saturated rings. The third kappa shape index (κ3) is 4.07. The molecule has 0 bridgehead atoms. The Bertz CT molecular complexity index is 362. The van der Waals surface area contributed by atoms with Gasteiger partial charge >= 0.3 is 0 Å². The number of hydrogen-bond donors (Lipinski definition) is 1. The van der Waals surface area contributed by atoms with Crippen molar-refractivity contribution in [2.75, 3.05) is 0 Å². The molecule has 0 amide bonds. The standard InChI is InChI=1S/C18H29N/c1-3-14(2)13-18(19)17-11-9-16(10-12-17)15-7-5-4-6-8-15/h9-12,14-15,18H,3-8,13,19H2,1-2H3. The van der Waals surface area contributed by atoms with Gasteiger partial charge in [-0.3, -0.25) is 0 Å². The zero-order chi connectivity index (χ0) is 13.7. The Kier molecular flexibility index (Phi) is 5.45. The predicted molar refractivity (Wildman–Crippen MR) is 83.3 cm³/mol. The van der Waals surface area contributed by atoms with Crippen LogP contribution < -0.4 is 5.73 Å². The molecule has 2 unspecified atom stereocenters. The molecule has 1 nitrogen and oxygen atoms in total. The van der Waals surface area contributed by atoms with Crippen molar-refractivity contribution >= 4 is 0 Å². The van der Waals surface area contributed by atoms with Crippen LogP contribution in [0.4, 0.5) is 0 Å². The molecule has 1 aliphatic rings. The highest BCUT2D eigenvalue weighted by atomic mass is 14.6. The molecule has 2 rings (SSSR count). The zero-order valence-corrected chi connectivity index (χ0v) is 12.6. The summed E-state index contributed by atoms with van der Waals surface area (Å²) in [6, 6.07) is 9.37. The van der Waals surface area contributed by atoms with Gasteiger partial charge in [0.2, 0.25) is 0 Å². The molecule has 0 aliphatic heterocycles. The fourth-order valence-corrected chi connectivity index (χ4v) is 3.19. The van der Waals surface area contributed by atoms with Gasteiger partial charge in [-0.1, -0.05) is 63.8 Å². The SMILES string of the molecule is CCC(C)CC(N)c1ccc(C2CCCCC2)cc1. The molecule has 2 atom stereocenters. The van der Waals surface area contributed by atoms with Crippen molar-refractivity contribution in [3.63, 3.8) is 0 Å². The summed E-state index contributed by atoms with van der Waals surface area (Å²) in [6.45, 7) is 4.53. The lowest BCUT2D eigenvalue weighted by molar-refractivity contribution is 0.443. The van der Waals surface area contributed by atoms with E-state index < -0.39 is 0 Å². The summed E-state index contributed by atoms with van der Waals surface area (Å²) < 4.78 is 0. The molecule has 2 N–H and O–H groups in total. The van der Waals surface area contributed by atoms with Crippen LogP contribution >= 0.6 is 0 Å². The number of hydrogen-bond acceptors (Lipinski definition) is 1. The number of nitrogens with two attached hydrogens (primary N) is 1. The minimum atomic E-state index is 0.204. The van der Waals surface area contributed by atoms with E-state index in [2.05, 4.69) is 38.1 Å². The van der Waals surface area contributed by atoms with Gasteiger partial charge in [0.25, 0.3) is 0 Å². The summed E-state index contributed by atoms with van der Waals surface area (Å²) in [5.74, 6) is 1.52. The van der Waals surface area contributed by atoms with Crippen LogP contribution in [0.15, 0.2) is 24.3 Å². The van der Waals surface area contributed by atoms with Crippen LogP contribution in [0.25, 0.3) is 0 Å². The minimum Gasteiger partial charge on any atom is -0.324 e. The Balaban J connectivity index is 1.97. The van der Waals surface area contributed by atoms with Gasteiger partial charge in [-0.15, -0.1) is 0 Å². The normalized spacial score (nSPS) is 20.2. The van der Waals surface area contributed by atoms with Gasteiger partial charge in [-0.25, -0.2) is 0 Å². The molecule has 0 radical (unpaired) electrons. The van der Waals surface area contributed by atoms with Crippen molar-refractivity contribution in [2.45, 2.75) is 70.8 Å². The van der Waals surface area contributed by atoms with Gasteiger partial charge in [-0.05, 0) is 42.2 Å². The van der Waals surface area contributed by atoms with Crippen molar-refractivity contribution in [1.29, 1.82) is 0 Å². The van der Waals surface area contributed by atoms with Crippen molar-refractivity contribution in [3.05, 3.63) is 35.4 Å². The first-order valence-corrected chi connectivity index (χ1v) is 8.06. The maximum atomic E-state index is 6.30. The van der Waals surface area contributed by atoms with E-state index in [1.807, 2.05) is 0 Å². The summed E-state index contributed by atoms with van der Waals surface area (Å²) in [7, 11) is 0. The third-order valence-corrected chi connectivity index (χ3v) is 4.79. The number of benzene rings is 1. The topological polar surface area (TPSA) is 26.0 Å². The first kappa shape index (κ1) is 14.6. The van der Waals surface area contributed by atoms with Crippen LogP contribution in [0.3, 0.4) is 0 Å². The highest BCUT2D eigenvalue weighted by Crippen LogP contribution is 2.33. The zero-order valence-electron chi connectivity index (χ0n) is 12.6. The van der Waals surface area contributed by atoms with E-state index in [4.69, 9.17) is 5.73 Å². The maximum Gasteiger partial charge on any atom is 0.0297 e. The largest absolute Gasteiger partial charge is 0.324 e. The van der Waals surface area contributed by atoms with Crippen molar-refractivity contribution in [3.8, 4) is 0 Å². The predicted octanol–water partition coefficient (Wildman–Crippen LogP) is 5.17. The first-order chi connectivity index (χ1) is 9.20. The lowest BCUT2D eigenvalue weighted by atomic mass is 9.83. The molecular weight excluding hydrogens is 230 g/mol. The van der Waals surface area contributed by atoms with E-state index in [1.54, 1.807) is 0 Å². The van der Waals surface area contributed by atoms with Gasteiger partial charge < -0.3 is 5.73 Å². The Morgan fingerprint density at radius 2 is 1.74 bits per heavy atom. The monoisotopic (exact) mass is 259 g/mol. The first-order valence-electron chi connectivity index (χ1n) is 8.06. The number of rotatable bonds is 5. The van der Waals surface area contributed by atoms with E-state index in [0.717, 1.165) is 12.3 Å². The average molecular weight is 259 g/mol. The summed E-state index contributed by atoms with van der Waals surface area (Å²) in [5, 5.41) is 0. The van der Waals surface area contributed by atoms with Crippen LogP contribution in [-0.4, -0.2) is 0 Å². The fraction of sp³-hybridized carbons (Fsp3) is 0.667. The second-order valence-electron chi connectivity index (χ2n) is 6.36. The van der Waals surface area contributed by atoms with Gasteiger partial charge in [0, 0.05) is 6.04 Å². The van der Waals surface area contributed by atoms with Crippen LogP contribution in [0.1, 0.15) is 81.9 Å². The average Bonchev–Trinajstić information content (AvgIpc) is 2.48. The van der Waals surface area contributed by atoms with Crippen molar-refractivity contribution in [2.24, 2.45) is 11.7 Å². The molecule has 0 heterocycles. The fourth-order valence-electron chi connectivity index (χ4n) is 3.19. The van der Waals surface area contributed by atoms with E-state index >= 15 is 0 Å². The lowest BCUT2D eigenvalue weighted by Crippen LogP contribution is -2.14. The van der Waals surface area contributed by atoms with E-state index in [-0.39, 0.29) is 6.04 Å². The molecule has 0 aromatic heterocycles. The Hall–Kier alpha value is -0.820. The molecule has 1 aromatic carbocycles. The molecule has 0 spiro atoms. The highest BCUT2D eigenvalue weighted by Gasteiger charge is 2.16. The van der Waals surface area contributed by atoms with E-state index in [0.29, 0.717) is 5.92 Å². The summed E-state index contributed by atoms with van der Waals surface area (Å²) in [5.41, 5.74) is 9.13. The van der Waals surface area contributed by atoms with Crippen LogP contribution in [0.2, 0.25) is 0 Å². The van der Waals surface area contributed by atoms with Gasteiger partial charge in [-0.2, -0.15) is 0 Å². The molecule has 106 valence electrons. The minimum absolute atomic E-state index is 0.204. The highest BCUT2D eigenvalue weighted by molar-refractivity contribution is 5.27. The van der Waals surface area contributed by atoms with Crippen LogP contribution in [0.5, 0.6) is 0 Å².